The summed E-state index contributed by atoms with van der Waals surface area (Å²) in [7, 11) is 3.41. The quantitative estimate of drug-likeness (QED) is 0.492. The van der Waals surface area contributed by atoms with Gasteiger partial charge in [0.1, 0.15) is 5.69 Å². The Morgan fingerprint density at radius 2 is 1.93 bits per heavy atom. The number of amides is 2. The number of aromatic nitrogens is 1. The fourth-order valence-electron chi connectivity index (χ4n) is 2.49. The van der Waals surface area contributed by atoms with Crippen molar-refractivity contribution in [1.82, 2.24) is 15.6 Å². The molecule has 0 unspecified atom stereocenters. The lowest BCUT2D eigenvalue weighted by atomic mass is 10.1. The number of hydrogen-bond acceptors (Lipinski definition) is 5. The number of carbonyl (C=O) groups is 2. The van der Waals surface area contributed by atoms with Crippen LogP contribution in [0.5, 0.6) is 0 Å². The molecule has 0 fully saturated rings. The normalized spacial score (nSPS) is 10.2. The Hall–Kier alpha value is -3.09. The number of nitrogens with zero attached hydrogens (tertiary/aromatic N) is 2. The molecule has 0 saturated carbocycles. The van der Waals surface area contributed by atoms with Crippen molar-refractivity contribution in [3.05, 3.63) is 53.3 Å². The summed E-state index contributed by atoms with van der Waals surface area (Å²) in [6.45, 7) is 4.73. The zero-order valence-electron chi connectivity index (χ0n) is 16.3. The minimum absolute atomic E-state index is 0.0834. The van der Waals surface area contributed by atoms with Crippen molar-refractivity contribution in [2.45, 2.75) is 26.7 Å². The second-order valence-corrected chi connectivity index (χ2v) is 6.29. The van der Waals surface area contributed by atoms with Crippen LogP contribution in [-0.4, -0.2) is 37.4 Å². The molecule has 2 amide bonds. The van der Waals surface area contributed by atoms with Gasteiger partial charge in [-0.05, 0) is 43.2 Å². The number of benzene rings is 1. The van der Waals surface area contributed by atoms with Crippen LogP contribution in [0.25, 0.3) is 0 Å². The number of aryl methyl sites for hydroxylation is 1. The first-order chi connectivity index (χ1) is 13.0. The number of unbranched alkanes of at least 4 members (excludes halogenated alkanes) is 1. The molecule has 0 aliphatic heterocycles. The summed E-state index contributed by atoms with van der Waals surface area (Å²) in [6, 6.07) is 9.05. The smallest absolute Gasteiger partial charge is 0.269 e. The lowest BCUT2D eigenvalue weighted by molar-refractivity contribution is 0.0947. The van der Waals surface area contributed by atoms with E-state index in [1.54, 1.807) is 30.4 Å². The highest BCUT2D eigenvalue weighted by molar-refractivity contribution is 5.95. The van der Waals surface area contributed by atoms with Gasteiger partial charge < -0.3 is 10.6 Å². The number of rotatable bonds is 8. The Morgan fingerprint density at radius 1 is 1.15 bits per heavy atom. The lowest BCUT2D eigenvalue weighted by Crippen LogP contribution is -2.27. The third-order valence-corrected chi connectivity index (χ3v) is 4.19. The molecular formula is C20H27N5O2. The topological polar surface area (TPSA) is 86.4 Å². The van der Waals surface area contributed by atoms with Crippen LogP contribution in [0.1, 0.15) is 46.2 Å². The third kappa shape index (κ3) is 5.44. The van der Waals surface area contributed by atoms with Crippen LogP contribution < -0.4 is 21.1 Å². The molecule has 0 bridgehead atoms. The average molecular weight is 369 g/mol. The summed E-state index contributed by atoms with van der Waals surface area (Å²) >= 11 is 0. The summed E-state index contributed by atoms with van der Waals surface area (Å²) in [5, 5.41) is 7.27. The van der Waals surface area contributed by atoms with Gasteiger partial charge in [0.05, 0.1) is 11.4 Å². The first-order valence-electron chi connectivity index (χ1n) is 9.03. The van der Waals surface area contributed by atoms with E-state index in [0.29, 0.717) is 17.8 Å². The van der Waals surface area contributed by atoms with E-state index < -0.39 is 0 Å². The second-order valence-electron chi connectivity index (χ2n) is 6.29. The van der Waals surface area contributed by atoms with Crippen LogP contribution in [-0.2, 0) is 0 Å². The molecule has 27 heavy (non-hydrogen) atoms. The maximum absolute atomic E-state index is 12.3. The number of anilines is 2. The molecule has 1 aromatic carbocycles. The Bertz CT molecular complexity index is 807. The van der Waals surface area contributed by atoms with Crippen molar-refractivity contribution >= 4 is 23.2 Å². The van der Waals surface area contributed by atoms with E-state index in [1.165, 1.54) is 0 Å². The van der Waals surface area contributed by atoms with Crippen LogP contribution in [0.4, 0.5) is 11.4 Å². The van der Waals surface area contributed by atoms with Crippen molar-refractivity contribution in [1.29, 1.82) is 0 Å². The summed E-state index contributed by atoms with van der Waals surface area (Å²) in [6.07, 6.45) is 3.58. The van der Waals surface area contributed by atoms with Gasteiger partial charge in [0.2, 0.25) is 0 Å². The third-order valence-electron chi connectivity index (χ3n) is 4.19. The van der Waals surface area contributed by atoms with Gasteiger partial charge >= 0.3 is 0 Å². The zero-order chi connectivity index (χ0) is 19.8. The van der Waals surface area contributed by atoms with Gasteiger partial charge in [-0.2, -0.15) is 0 Å². The first kappa shape index (κ1) is 20.2. The van der Waals surface area contributed by atoms with Crippen LogP contribution in [0, 0.1) is 6.92 Å². The molecule has 2 aromatic rings. The highest BCUT2D eigenvalue weighted by atomic mass is 16.2. The van der Waals surface area contributed by atoms with Crippen molar-refractivity contribution < 1.29 is 9.59 Å². The molecular weight excluding hydrogens is 342 g/mol. The monoisotopic (exact) mass is 369 g/mol. The molecule has 0 saturated heterocycles. The molecule has 7 heteroatoms. The van der Waals surface area contributed by atoms with E-state index in [9.17, 15) is 9.59 Å². The Balaban J connectivity index is 2.15. The fraction of sp³-hybridized carbons (Fsp3) is 0.350. The summed E-state index contributed by atoms with van der Waals surface area (Å²) in [5.41, 5.74) is 6.81. The van der Waals surface area contributed by atoms with E-state index in [2.05, 4.69) is 28.0 Å². The molecule has 0 atom stereocenters. The molecule has 1 heterocycles. The molecule has 3 N–H and O–H groups in total. The number of pyridine rings is 1. The van der Waals surface area contributed by atoms with Crippen LogP contribution in [0.3, 0.4) is 0 Å². The molecule has 1 aromatic heterocycles. The average Bonchev–Trinajstić information content (AvgIpc) is 2.69. The van der Waals surface area contributed by atoms with E-state index in [0.717, 1.165) is 29.8 Å². The van der Waals surface area contributed by atoms with Crippen LogP contribution in [0.2, 0.25) is 0 Å². The van der Waals surface area contributed by atoms with Gasteiger partial charge in [0.25, 0.3) is 11.8 Å². The van der Waals surface area contributed by atoms with E-state index in [4.69, 9.17) is 0 Å². The van der Waals surface area contributed by atoms with Gasteiger partial charge in [-0.15, -0.1) is 0 Å². The fourth-order valence-corrected chi connectivity index (χ4v) is 2.49. The SMILES string of the molecule is CCCCNC(=O)c1ccc(C)c(NN(C)c2ccnc(C(=O)NC)c2)c1. The zero-order valence-corrected chi connectivity index (χ0v) is 16.3. The Labute approximate surface area is 160 Å². The van der Waals surface area contributed by atoms with Gasteiger partial charge in [0.15, 0.2) is 0 Å². The van der Waals surface area contributed by atoms with Crippen molar-refractivity contribution in [3.8, 4) is 0 Å². The second kappa shape index (κ2) is 9.56. The summed E-state index contributed by atoms with van der Waals surface area (Å²) < 4.78 is 0. The predicted octanol–water partition coefficient (Wildman–Crippen LogP) is 2.74. The number of carbonyl (C=O) groups excluding carboxylic acids is 2. The molecule has 144 valence electrons. The van der Waals surface area contributed by atoms with E-state index >= 15 is 0 Å². The summed E-state index contributed by atoms with van der Waals surface area (Å²) in [4.78, 5) is 28.1. The Morgan fingerprint density at radius 3 is 2.63 bits per heavy atom. The van der Waals surface area contributed by atoms with E-state index in [1.807, 2.05) is 32.2 Å². The molecule has 7 nitrogen and oxygen atoms in total. The highest BCUT2D eigenvalue weighted by Crippen LogP contribution is 2.20. The lowest BCUT2D eigenvalue weighted by Gasteiger charge is -2.23. The Kier molecular flexibility index (Phi) is 7.16. The van der Waals surface area contributed by atoms with Gasteiger partial charge in [0, 0.05) is 32.4 Å². The van der Waals surface area contributed by atoms with Crippen molar-refractivity contribution in [2.75, 3.05) is 31.1 Å². The number of hydrazine groups is 1. The molecule has 2 rings (SSSR count). The molecule has 0 aliphatic rings. The number of nitrogens with one attached hydrogen (secondary N) is 3. The molecule has 0 radical (unpaired) electrons. The highest BCUT2D eigenvalue weighted by Gasteiger charge is 2.11. The summed E-state index contributed by atoms with van der Waals surface area (Å²) in [5.74, 6) is -0.327. The van der Waals surface area contributed by atoms with E-state index in [-0.39, 0.29) is 11.8 Å². The molecule has 0 aliphatic carbocycles. The largest absolute Gasteiger partial charge is 0.354 e. The predicted molar refractivity (Wildman–Crippen MR) is 108 cm³/mol. The van der Waals surface area contributed by atoms with Crippen LogP contribution in [0.15, 0.2) is 36.5 Å². The van der Waals surface area contributed by atoms with Gasteiger partial charge in [-0.25, -0.2) is 0 Å². The van der Waals surface area contributed by atoms with Crippen molar-refractivity contribution in [2.24, 2.45) is 0 Å². The molecule has 0 spiro atoms. The van der Waals surface area contributed by atoms with Gasteiger partial charge in [-0.3, -0.25) is 25.0 Å². The number of hydrogen-bond donors (Lipinski definition) is 3. The maximum Gasteiger partial charge on any atom is 0.269 e. The first-order valence-corrected chi connectivity index (χ1v) is 9.03. The standard InChI is InChI=1S/C20H27N5O2/c1-5-6-10-23-19(26)15-8-7-14(2)17(12-15)24-25(4)16-9-11-22-18(13-16)20(27)21-3/h7-9,11-13,24H,5-6,10H2,1-4H3,(H,21,27)(H,23,26). The maximum atomic E-state index is 12.3. The minimum atomic E-state index is -0.243. The minimum Gasteiger partial charge on any atom is -0.354 e. The van der Waals surface area contributed by atoms with Crippen LogP contribution >= 0.6 is 0 Å². The van der Waals surface area contributed by atoms with Gasteiger partial charge in [-0.1, -0.05) is 19.4 Å². The van der Waals surface area contributed by atoms with Crippen molar-refractivity contribution in [3.63, 3.8) is 0 Å².